The Morgan fingerprint density at radius 2 is 1.88 bits per heavy atom. The third-order valence-electron chi connectivity index (χ3n) is 6.76. The van der Waals surface area contributed by atoms with E-state index in [0.29, 0.717) is 26.2 Å². The molecule has 0 bridgehead atoms. The van der Waals surface area contributed by atoms with E-state index in [9.17, 15) is 19.5 Å². The van der Waals surface area contributed by atoms with E-state index in [2.05, 4.69) is 25.8 Å². The lowest BCUT2D eigenvalue weighted by Gasteiger charge is -2.37. The molecule has 4 rings (SSSR count). The lowest BCUT2D eigenvalue weighted by molar-refractivity contribution is -0.140. The van der Waals surface area contributed by atoms with Crippen molar-refractivity contribution in [1.29, 1.82) is 0 Å². The summed E-state index contributed by atoms with van der Waals surface area (Å²) < 4.78 is 10.7. The molecule has 12 nitrogen and oxygen atoms in total. The van der Waals surface area contributed by atoms with Crippen LogP contribution in [0.15, 0.2) is 53.5 Å². The smallest absolute Gasteiger partial charge is 0.408 e. The maximum atomic E-state index is 12.9. The molecule has 0 spiro atoms. The molecule has 2 heterocycles. The number of anilines is 2. The highest BCUT2D eigenvalue weighted by atomic mass is 16.5. The number of hydrogen-bond acceptors (Lipinski definition) is 9. The summed E-state index contributed by atoms with van der Waals surface area (Å²) in [5.74, 6) is 0.105. The van der Waals surface area contributed by atoms with Crippen LogP contribution in [0, 0.1) is 0 Å². The highest BCUT2D eigenvalue weighted by molar-refractivity contribution is 5.94. The quantitative estimate of drug-likeness (QED) is 0.349. The summed E-state index contributed by atoms with van der Waals surface area (Å²) in [5.41, 5.74) is 2.59. The summed E-state index contributed by atoms with van der Waals surface area (Å²) in [5, 5.41) is 18.4. The van der Waals surface area contributed by atoms with Crippen LogP contribution in [0.2, 0.25) is 0 Å². The number of carbonyl (C=O) groups is 3. The van der Waals surface area contributed by atoms with Crippen molar-refractivity contribution < 1.29 is 29.0 Å². The molecule has 12 heteroatoms. The van der Waals surface area contributed by atoms with Crippen molar-refractivity contribution in [1.82, 2.24) is 15.5 Å². The van der Waals surface area contributed by atoms with Gasteiger partial charge >= 0.3 is 12.1 Å². The fourth-order valence-corrected chi connectivity index (χ4v) is 4.56. The molecule has 2 amide bonds. The van der Waals surface area contributed by atoms with E-state index in [-0.39, 0.29) is 25.4 Å². The molecule has 1 fully saturated rings. The fraction of sp³-hybridized carbons (Fsp3) is 0.429. The lowest BCUT2D eigenvalue weighted by Crippen LogP contribution is -2.49. The maximum absolute atomic E-state index is 12.9. The number of nitrogens with zero attached hydrogens (tertiary/aromatic N) is 3. The number of carboxylic acid groups (broad SMARTS) is 1. The van der Waals surface area contributed by atoms with Crippen LogP contribution in [0.5, 0.6) is 5.75 Å². The minimum absolute atomic E-state index is 0.00618. The highest BCUT2D eigenvalue weighted by Crippen LogP contribution is 2.32. The van der Waals surface area contributed by atoms with Gasteiger partial charge in [0.15, 0.2) is 5.96 Å². The average molecular weight is 553 g/mol. The number of aliphatic carboxylic acids is 1. The minimum atomic E-state index is -1.23. The number of methoxy groups -OCH3 is 1. The Morgan fingerprint density at radius 1 is 1.10 bits per heavy atom. The van der Waals surface area contributed by atoms with Gasteiger partial charge in [0.05, 0.1) is 12.8 Å². The van der Waals surface area contributed by atoms with Crippen molar-refractivity contribution in [3.63, 3.8) is 0 Å². The Hall–Kier alpha value is -4.48. The van der Waals surface area contributed by atoms with Gasteiger partial charge in [-0.25, -0.2) is 9.59 Å². The van der Waals surface area contributed by atoms with E-state index in [1.807, 2.05) is 36.4 Å². The first-order valence-electron chi connectivity index (χ1n) is 13.4. The van der Waals surface area contributed by atoms with Crippen LogP contribution < -0.4 is 25.6 Å². The number of alkyl carbamates (subject to hydrolysis) is 1. The predicted molar refractivity (Wildman–Crippen MR) is 151 cm³/mol. The van der Waals surface area contributed by atoms with E-state index >= 15 is 0 Å². The monoisotopic (exact) mass is 552 g/mol. The van der Waals surface area contributed by atoms with Gasteiger partial charge in [-0.1, -0.05) is 30.3 Å². The van der Waals surface area contributed by atoms with Crippen molar-refractivity contribution in [3.8, 4) is 5.75 Å². The number of benzene rings is 2. The second kappa shape index (κ2) is 14.1. The van der Waals surface area contributed by atoms with Gasteiger partial charge in [0.1, 0.15) is 18.4 Å². The molecule has 1 unspecified atom stereocenters. The van der Waals surface area contributed by atoms with Crippen molar-refractivity contribution >= 4 is 35.3 Å². The summed E-state index contributed by atoms with van der Waals surface area (Å²) in [6.07, 6.45) is 0.133. The van der Waals surface area contributed by atoms with Crippen LogP contribution in [-0.2, 0) is 20.9 Å². The maximum Gasteiger partial charge on any atom is 0.408 e. The Bertz CT molecular complexity index is 1200. The number of rotatable bonds is 10. The molecule has 2 aliphatic heterocycles. The Kier molecular flexibility index (Phi) is 10.0. The van der Waals surface area contributed by atoms with Gasteiger partial charge in [-0.2, -0.15) is 0 Å². The third kappa shape index (κ3) is 8.01. The summed E-state index contributed by atoms with van der Waals surface area (Å²) in [6, 6.07) is 13.7. The number of hydrogen-bond donors (Lipinski definition) is 4. The summed E-state index contributed by atoms with van der Waals surface area (Å²) in [4.78, 5) is 45.0. The zero-order chi connectivity index (χ0) is 28.3. The van der Waals surface area contributed by atoms with Gasteiger partial charge in [-0.3, -0.25) is 9.79 Å². The van der Waals surface area contributed by atoms with Crippen LogP contribution in [0.25, 0.3) is 0 Å². The second-order valence-corrected chi connectivity index (χ2v) is 9.53. The molecule has 0 aliphatic carbocycles. The average Bonchev–Trinajstić information content (AvgIpc) is 2.99. The molecule has 4 N–H and O–H groups in total. The molecule has 0 saturated carbocycles. The third-order valence-corrected chi connectivity index (χ3v) is 6.76. The molecule has 2 aromatic carbocycles. The van der Waals surface area contributed by atoms with Gasteiger partial charge in [-0.15, -0.1) is 0 Å². The SMILES string of the molecule is COc1ccc(NC2=NCCCN2)cc1N1CCN(C(=O)CCC(NC(=O)OCc2ccccc2)C(=O)O)CC1. The van der Waals surface area contributed by atoms with Crippen LogP contribution in [0.3, 0.4) is 0 Å². The fourth-order valence-electron chi connectivity index (χ4n) is 4.56. The summed E-state index contributed by atoms with van der Waals surface area (Å²) in [6.45, 7) is 3.85. The van der Waals surface area contributed by atoms with Crippen LogP contribution >= 0.6 is 0 Å². The first-order chi connectivity index (χ1) is 19.4. The first-order valence-corrected chi connectivity index (χ1v) is 13.4. The molecule has 0 aromatic heterocycles. The van der Waals surface area contributed by atoms with E-state index in [4.69, 9.17) is 9.47 Å². The number of nitrogens with one attached hydrogen (secondary N) is 3. The second-order valence-electron chi connectivity index (χ2n) is 9.53. The number of guanidine groups is 1. The Morgan fingerprint density at radius 3 is 2.55 bits per heavy atom. The van der Waals surface area contributed by atoms with Gasteiger partial charge < -0.3 is 40.3 Å². The largest absolute Gasteiger partial charge is 0.495 e. The number of piperazine rings is 1. The Labute approximate surface area is 233 Å². The van der Waals surface area contributed by atoms with Gasteiger partial charge in [0.2, 0.25) is 5.91 Å². The van der Waals surface area contributed by atoms with E-state index in [1.165, 1.54) is 0 Å². The topological polar surface area (TPSA) is 145 Å². The standard InChI is InChI=1S/C28H36N6O6/c1-39-24-10-8-21(31-27-29-12-5-13-30-27)18-23(24)33-14-16-34(17-15-33)25(35)11-9-22(26(36)37)32-28(38)40-19-20-6-3-2-4-7-20/h2-4,6-8,10,18,22H,5,9,11-17,19H2,1H3,(H,32,38)(H,36,37)(H2,29,30,31). The van der Waals surface area contributed by atoms with Crippen LogP contribution in [-0.4, -0.2) is 86.4 Å². The normalized spacial score (nSPS) is 15.8. The van der Waals surface area contributed by atoms with E-state index in [0.717, 1.165) is 48.2 Å². The first kappa shape index (κ1) is 28.5. The summed E-state index contributed by atoms with van der Waals surface area (Å²) >= 11 is 0. The predicted octanol–water partition coefficient (Wildman–Crippen LogP) is 2.26. The number of aliphatic imine (C=N–C) groups is 1. The molecule has 2 aliphatic rings. The molecule has 1 saturated heterocycles. The van der Waals surface area contributed by atoms with Crippen molar-refractivity contribution in [2.45, 2.75) is 31.9 Å². The highest BCUT2D eigenvalue weighted by Gasteiger charge is 2.26. The molecular formula is C28H36N6O6. The van der Waals surface area contributed by atoms with E-state index in [1.54, 1.807) is 24.1 Å². The lowest BCUT2D eigenvalue weighted by atomic mass is 10.1. The molecule has 0 radical (unpaired) electrons. The van der Waals surface area contributed by atoms with Gasteiger partial charge in [0.25, 0.3) is 0 Å². The van der Waals surface area contributed by atoms with Gasteiger partial charge in [-0.05, 0) is 36.6 Å². The minimum Gasteiger partial charge on any atom is -0.495 e. The molecule has 1 atom stereocenters. The number of amides is 2. The number of carbonyl (C=O) groups excluding carboxylic acids is 2. The van der Waals surface area contributed by atoms with Gasteiger partial charge in [0, 0.05) is 51.4 Å². The zero-order valence-corrected chi connectivity index (χ0v) is 22.6. The Balaban J connectivity index is 1.26. The molecular weight excluding hydrogens is 516 g/mol. The summed E-state index contributed by atoms with van der Waals surface area (Å²) in [7, 11) is 1.63. The van der Waals surface area contributed by atoms with Crippen molar-refractivity contribution in [2.24, 2.45) is 4.99 Å². The number of carboxylic acids is 1. The molecule has 2 aromatic rings. The van der Waals surface area contributed by atoms with Crippen LogP contribution in [0.4, 0.5) is 16.2 Å². The molecule has 40 heavy (non-hydrogen) atoms. The van der Waals surface area contributed by atoms with Crippen LogP contribution in [0.1, 0.15) is 24.8 Å². The molecule has 214 valence electrons. The zero-order valence-electron chi connectivity index (χ0n) is 22.6. The van der Waals surface area contributed by atoms with E-state index < -0.39 is 18.1 Å². The van der Waals surface area contributed by atoms with Crippen molar-refractivity contribution in [2.75, 3.05) is 56.6 Å². The number of ether oxygens (including phenoxy) is 2. The van der Waals surface area contributed by atoms with Crippen molar-refractivity contribution in [3.05, 3.63) is 54.1 Å².